The quantitative estimate of drug-likeness (QED) is 0.169. The van der Waals surface area contributed by atoms with Gasteiger partial charge in [-0.25, -0.2) is 4.79 Å². The number of aliphatic hydroxyl groups is 1. The molecule has 7 nitrogen and oxygen atoms in total. The van der Waals surface area contributed by atoms with E-state index in [-0.39, 0.29) is 11.8 Å². The van der Waals surface area contributed by atoms with Crippen molar-refractivity contribution >= 4 is 23.6 Å². The molecule has 1 heterocycles. The van der Waals surface area contributed by atoms with Crippen LogP contribution in [-0.2, 0) is 29.7 Å². The van der Waals surface area contributed by atoms with Crippen LogP contribution in [-0.4, -0.2) is 55.8 Å². The first-order chi connectivity index (χ1) is 22.1. The molecule has 3 aromatic rings. The molecule has 2 atom stereocenters. The molecule has 0 radical (unpaired) electrons. The summed E-state index contributed by atoms with van der Waals surface area (Å²) in [5.74, 6) is 0.168. The Labute approximate surface area is 279 Å². The molecule has 0 aliphatic carbocycles. The number of nitrogens with zero attached hydrogens (tertiary/aromatic N) is 1. The van der Waals surface area contributed by atoms with Gasteiger partial charge in [-0.1, -0.05) is 80.9 Å². The van der Waals surface area contributed by atoms with Gasteiger partial charge in [0.15, 0.2) is 0 Å². The Morgan fingerprint density at radius 3 is 2.61 bits per heavy atom. The van der Waals surface area contributed by atoms with Crippen molar-refractivity contribution in [3.8, 4) is 11.1 Å². The molecule has 1 aliphatic heterocycles. The summed E-state index contributed by atoms with van der Waals surface area (Å²) in [5, 5.41) is 19.4. The molecule has 0 bridgehead atoms. The van der Waals surface area contributed by atoms with Crippen LogP contribution < -0.4 is 10.6 Å². The fraction of sp³-hybridized carbons (Fsp3) is 0.474. The van der Waals surface area contributed by atoms with E-state index in [0.717, 1.165) is 65.6 Å². The number of benzene rings is 3. The van der Waals surface area contributed by atoms with Crippen LogP contribution in [0, 0.1) is 11.8 Å². The number of hydrogen-bond acceptors (Lipinski definition) is 5. The number of likely N-dealkylation sites (tertiary alicyclic amines) is 1. The van der Waals surface area contributed by atoms with Gasteiger partial charge in [0.1, 0.15) is 0 Å². The summed E-state index contributed by atoms with van der Waals surface area (Å²) in [4.78, 5) is 27.9. The lowest BCUT2D eigenvalue weighted by molar-refractivity contribution is -0.0563. The monoisotopic (exact) mass is 647 g/mol. The van der Waals surface area contributed by atoms with Crippen LogP contribution in [0.25, 0.3) is 11.1 Å². The minimum atomic E-state index is -1.31. The Morgan fingerprint density at radius 1 is 1.11 bits per heavy atom. The summed E-state index contributed by atoms with van der Waals surface area (Å²) in [7, 11) is 3.26. The molecule has 1 aliphatic rings. The molecule has 3 N–H and O–H groups in total. The van der Waals surface area contributed by atoms with Crippen molar-refractivity contribution in [2.24, 2.45) is 11.8 Å². The predicted octanol–water partition coefficient (Wildman–Crippen LogP) is 7.36. The summed E-state index contributed by atoms with van der Waals surface area (Å²) in [6, 6.07) is 20.2. The van der Waals surface area contributed by atoms with Crippen LogP contribution >= 0.6 is 11.6 Å². The van der Waals surface area contributed by atoms with E-state index in [2.05, 4.69) is 49.6 Å². The fourth-order valence-corrected chi connectivity index (χ4v) is 7.09. The summed E-state index contributed by atoms with van der Waals surface area (Å²) in [6.45, 7) is 8.60. The summed E-state index contributed by atoms with van der Waals surface area (Å²) in [6.07, 6.45) is 3.62. The highest BCUT2D eigenvalue weighted by Gasteiger charge is 2.43. The lowest BCUT2D eigenvalue weighted by atomic mass is 9.72. The van der Waals surface area contributed by atoms with Gasteiger partial charge in [0, 0.05) is 48.2 Å². The topological polar surface area (TPSA) is 90.9 Å². The van der Waals surface area contributed by atoms with Crippen LogP contribution in [0.15, 0.2) is 60.7 Å². The first-order valence-electron chi connectivity index (χ1n) is 16.6. The lowest BCUT2D eigenvalue weighted by Crippen LogP contribution is -2.48. The Balaban J connectivity index is 1.72. The van der Waals surface area contributed by atoms with Gasteiger partial charge in [0.2, 0.25) is 0 Å². The highest BCUT2D eigenvalue weighted by Crippen LogP contribution is 2.46. The highest BCUT2D eigenvalue weighted by atomic mass is 35.5. The minimum absolute atomic E-state index is 0.00744. The number of nitrogens with one attached hydrogen (secondary N) is 2. The fourth-order valence-electron chi connectivity index (χ4n) is 6.80. The number of halogens is 1. The van der Waals surface area contributed by atoms with E-state index in [1.807, 2.05) is 54.4 Å². The van der Waals surface area contributed by atoms with Gasteiger partial charge in [-0.15, -0.1) is 0 Å². The van der Waals surface area contributed by atoms with Gasteiger partial charge in [0.25, 0.3) is 5.91 Å². The molecule has 248 valence electrons. The van der Waals surface area contributed by atoms with Crippen LogP contribution in [0.2, 0.25) is 5.02 Å². The second-order valence-corrected chi connectivity index (χ2v) is 13.3. The number of hydrogen-bond donors (Lipinski definition) is 3. The van der Waals surface area contributed by atoms with E-state index in [1.54, 1.807) is 0 Å². The molecular formula is C38H50ClN3O4. The zero-order valence-electron chi connectivity index (χ0n) is 28.0. The number of rotatable bonds is 13. The molecule has 1 fully saturated rings. The molecule has 0 aromatic heterocycles. The number of piperidine rings is 1. The minimum Gasteiger partial charge on any atom is -0.453 e. The number of carbonyl (C=O) groups is 2. The maximum absolute atomic E-state index is 14.2. The van der Waals surface area contributed by atoms with Gasteiger partial charge in [0.05, 0.1) is 12.7 Å². The van der Waals surface area contributed by atoms with Crippen LogP contribution in [0.1, 0.15) is 79.1 Å². The van der Waals surface area contributed by atoms with Crippen molar-refractivity contribution in [1.29, 1.82) is 0 Å². The Morgan fingerprint density at radius 2 is 1.89 bits per heavy atom. The Bertz CT molecular complexity index is 1490. The second-order valence-electron chi connectivity index (χ2n) is 12.9. The van der Waals surface area contributed by atoms with Crippen LogP contribution in [0.4, 0.5) is 4.79 Å². The van der Waals surface area contributed by atoms with Crippen LogP contribution in [0.5, 0.6) is 0 Å². The molecule has 4 rings (SSSR count). The molecule has 8 heteroatoms. The molecule has 0 spiro atoms. The van der Waals surface area contributed by atoms with Crippen LogP contribution in [0.3, 0.4) is 0 Å². The summed E-state index contributed by atoms with van der Waals surface area (Å²) in [5.41, 5.74) is 5.34. The van der Waals surface area contributed by atoms with Gasteiger partial charge in [-0.2, -0.15) is 0 Å². The average Bonchev–Trinajstić information content (AvgIpc) is 3.06. The maximum Gasteiger partial charge on any atom is 0.406 e. The first-order valence-corrected chi connectivity index (χ1v) is 17.0. The Hall–Kier alpha value is -3.39. The van der Waals surface area contributed by atoms with E-state index >= 15 is 0 Å². The van der Waals surface area contributed by atoms with E-state index in [4.69, 9.17) is 16.3 Å². The zero-order chi connectivity index (χ0) is 33.3. The highest BCUT2D eigenvalue weighted by molar-refractivity contribution is 6.33. The molecule has 0 saturated carbocycles. The number of amides is 2. The standard InChI is InChI=1S/C38H50ClN3O4/c1-6-27-11-7-12-29(22-27)35-33(14-8-15-34(35)39)38(45,18-10-19-41-37(44)46-5)31-13-9-20-42(25-31)36(43)32-17-16-28(24-40-4)23-30(32)21-26(2)3/h7-8,11-12,14-17,22-23,26,31,40,45H,6,9-10,13,18-21,24-25H2,1-5H3,(H,41,44). The van der Waals surface area contributed by atoms with Crippen molar-refractivity contribution < 1.29 is 19.4 Å². The molecule has 2 amide bonds. The van der Waals surface area contributed by atoms with E-state index in [0.29, 0.717) is 43.4 Å². The van der Waals surface area contributed by atoms with Gasteiger partial charge < -0.3 is 25.4 Å². The third-order valence-electron chi connectivity index (χ3n) is 9.09. The summed E-state index contributed by atoms with van der Waals surface area (Å²) >= 11 is 6.93. The Kier molecular flexibility index (Phi) is 12.7. The van der Waals surface area contributed by atoms with Crippen molar-refractivity contribution in [2.45, 2.75) is 71.4 Å². The molecule has 46 heavy (non-hydrogen) atoms. The average molecular weight is 648 g/mol. The third kappa shape index (κ3) is 8.49. The lowest BCUT2D eigenvalue weighted by Gasteiger charge is -2.44. The molecule has 2 unspecified atom stereocenters. The first kappa shape index (κ1) is 35.5. The number of alkyl carbamates (subject to hydrolysis) is 1. The van der Waals surface area contributed by atoms with Gasteiger partial charge in [-0.3, -0.25) is 4.79 Å². The molecule has 1 saturated heterocycles. The van der Waals surface area contributed by atoms with Crippen molar-refractivity contribution in [3.63, 3.8) is 0 Å². The normalized spacial score (nSPS) is 16.3. The number of aryl methyl sites for hydroxylation is 1. The van der Waals surface area contributed by atoms with E-state index < -0.39 is 11.7 Å². The number of ether oxygens (including phenoxy) is 1. The molecular weight excluding hydrogens is 598 g/mol. The van der Waals surface area contributed by atoms with Crippen molar-refractivity contribution in [1.82, 2.24) is 15.5 Å². The smallest absolute Gasteiger partial charge is 0.406 e. The third-order valence-corrected chi connectivity index (χ3v) is 9.40. The van der Waals surface area contributed by atoms with Crippen molar-refractivity contribution in [3.05, 3.63) is 93.5 Å². The van der Waals surface area contributed by atoms with Gasteiger partial charge >= 0.3 is 6.09 Å². The van der Waals surface area contributed by atoms with E-state index in [9.17, 15) is 14.7 Å². The van der Waals surface area contributed by atoms with E-state index in [1.165, 1.54) is 12.7 Å². The predicted molar refractivity (Wildman–Crippen MR) is 186 cm³/mol. The maximum atomic E-state index is 14.2. The SMILES string of the molecule is CCc1cccc(-c2c(Cl)cccc2C(O)(CCCNC(=O)OC)C2CCCN(C(=O)c3ccc(CNC)cc3CC(C)C)C2)c1. The zero-order valence-corrected chi connectivity index (χ0v) is 28.8. The summed E-state index contributed by atoms with van der Waals surface area (Å²) < 4.78 is 4.76. The second kappa shape index (κ2) is 16.4. The van der Waals surface area contributed by atoms with Crippen molar-refractivity contribution in [2.75, 3.05) is 33.8 Å². The number of methoxy groups -OCH3 is 1. The molecule has 3 aromatic carbocycles. The van der Waals surface area contributed by atoms with Gasteiger partial charge in [-0.05, 0) is 91.4 Å². The largest absolute Gasteiger partial charge is 0.453 e. The number of carbonyl (C=O) groups excluding carboxylic acids is 2.